The van der Waals surface area contributed by atoms with Gasteiger partial charge in [-0.1, -0.05) is 6.07 Å². The summed E-state index contributed by atoms with van der Waals surface area (Å²) < 4.78 is 57.9. The molecule has 0 aliphatic heterocycles. The highest BCUT2D eigenvalue weighted by molar-refractivity contribution is 6.06. The van der Waals surface area contributed by atoms with Crippen molar-refractivity contribution in [2.45, 2.75) is 18.9 Å². The molecule has 1 fully saturated rings. The van der Waals surface area contributed by atoms with Gasteiger partial charge in [-0.3, -0.25) is 9.78 Å². The second-order valence-corrected chi connectivity index (χ2v) is 7.44. The number of benzene rings is 2. The topological polar surface area (TPSA) is 71.2 Å². The Morgan fingerprint density at radius 1 is 1.00 bits per heavy atom. The van der Waals surface area contributed by atoms with Crippen LogP contribution < -0.4 is 16.0 Å². The molecular formula is C23H22Cl2F4N4O. The highest BCUT2D eigenvalue weighted by atomic mass is 35.5. The number of pyridine rings is 1. The van der Waals surface area contributed by atoms with Gasteiger partial charge in [0.25, 0.3) is 5.91 Å². The molecular weight excluding hydrogens is 495 g/mol. The highest BCUT2D eigenvalue weighted by Crippen LogP contribution is 2.36. The van der Waals surface area contributed by atoms with Crippen molar-refractivity contribution in [2.24, 2.45) is 5.73 Å². The van der Waals surface area contributed by atoms with E-state index in [-0.39, 0.29) is 30.9 Å². The fraction of sp³-hybridized carbons (Fsp3) is 0.217. The summed E-state index contributed by atoms with van der Waals surface area (Å²) in [5, 5.41) is 2.58. The number of hydrogen-bond acceptors (Lipinski definition) is 4. The van der Waals surface area contributed by atoms with E-state index in [1.807, 2.05) is 4.90 Å². The second kappa shape index (κ2) is 11.5. The number of hydrogen-bond donors (Lipinski definition) is 2. The number of carbonyl (C=O) groups excluding carboxylic acids is 1. The Bertz CT molecular complexity index is 1160. The number of carbonyl (C=O) groups is 1. The van der Waals surface area contributed by atoms with Gasteiger partial charge in [-0.25, -0.2) is 17.6 Å². The maximum atomic E-state index is 15.2. The molecule has 182 valence electrons. The molecule has 3 N–H and O–H groups in total. The number of rotatable bonds is 7. The summed E-state index contributed by atoms with van der Waals surface area (Å²) in [6.07, 6.45) is 4.95. The van der Waals surface area contributed by atoms with Gasteiger partial charge < -0.3 is 16.0 Å². The fourth-order valence-corrected chi connectivity index (χ4v) is 3.64. The number of nitrogens with two attached hydrogens (primary N) is 1. The van der Waals surface area contributed by atoms with Crippen molar-refractivity contribution in [2.75, 3.05) is 23.3 Å². The summed E-state index contributed by atoms with van der Waals surface area (Å²) in [5.41, 5.74) is 4.33. The minimum Gasteiger partial charge on any atom is -0.366 e. The first-order valence-electron chi connectivity index (χ1n) is 10.1. The molecule has 1 heterocycles. The van der Waals surface area contributed by atoms with E-state index in [9.17, 15) is 18.0 Å². The van der Waals surface area contributed by atoms with Gasteiger partial charge in [0.05, 0.1) is 34.3 Å². The van der Waals surface area contributed by atoms with Crippen LogP contribution in [0, 0.1) is 23.3 Å². The molecule has 1 saturated carbocycles. The van der Waals surface area contributed by atoms with Crippen LogP contribution in [0.4, 0.5) is 28.9 Å². The van der Waals surface area contributed by atoms with E-state index in [0.717, 1.165) is 43.2 Å². The van der Waals surface area contributed by atoms with Crippen LogP contribution in [0.5, 0.6) is 0 Å². The van der Waals surface area contributed by atoms with Crippen molar-refractivity contribution >= 4 is 42.1 Å². The van der Waals surface area contributed by atoms with Crippen LogP contribution >= 0.6 is 24.8 Å². The van der Waals surface area contributed by atoms with Crippen molar-refractivity contribution in [3.63, 3.8) is 0 Å². The number of nitrogens with one attached hydrogen (secondary N) is 1. The molecule has 4 rings (SSSR count). The first kappa shape index (κ1) is 27.4. The second-order valence-electron chi connectivity index (χ2n) is 7.44. The van der Waals surface area contributed by atoms with Crippen molar-refractivity contribution < 1.29 is 22.4 Å². The average molecular weight is 517 g/mol. The first-order valence-corrected chi connectivity index (χ1v) is 10.1. The minimum atomic E-state index is -1.36. The molecule has 1 aliphatic rings. The average Bonchev–Trinajstić information content (AvgIpc) is 3.60. The monoisotopic (exact) mass is 516 g/mol. The van der Waals surface area contributed by atoms with Crippen LogP contribution in [0.1, 0.15) is 23.2 Å². The van der Waals surface area contributed by atoms with Gasteiger partial charge in [-0.05, 0) is 43.2 Å². The Labute approximate surface area is 206 Å². The lowest BCUT2D eigenvalue weighted by Crippen LogP contribution is -2.32. The van der Waals surface area contributed by atoms with E-state index in [1.165, 1.54) is 6.20 Å². The number of anilines is 2. The zero-order valence-electron chi connectivity index (χ0n) is 17.7. The smallest absolute Gasteiger partial charge is 0.258 e. The van der Waals surface area contributed by atoms with E-state index < -0.39 is 45.9 Å². The number of nitrogens with zero attached hydrogens (tertiary/aromatic N) is 2. The van der Waals surface area contributed by atoms with E-state index in [4.69, 9.17) is 5.73 Å². The van der Waals surface area contributed by atoms with Gasteiger partial charge in [0.1, 0.15) is 23.3 Å². The van der Waals surface area contributed by atoms with Crippen molar-refractivity contribution in [1.82, 2.24) is 4.98 Å². The molecule has 0 radical (unpaired) electrons. The first-order chi connectivity index (χ1) is 15.4. The van der Waals surface area contributed by atoms with Crippen molar-refractivity contribution in [1.29, 1.82) is 0 Å². The predicted octanol–water partition coefficient (Wildman–Crippen LogP) is 5.33. The maximum absolute atomic E-state index is 15.2. The molecule has 0 unspecified atom stereocenters. The Balaban J connectivity index is 0.00000204. The third-order valence-corrected chi connectivity index (χ3v) is 5.26. The van der Waals surface area contributed by atoms with Gasteiger partial charge in [0.15, 0.2) is 0 Å². The Hall–Kier alpha value is -2.88. The van der Waals surface area contributed by atoms with E-state index >= 15 is 4.39 Å². The van der Waals surface area contributed by atoms with Crippen LogP contribution in [0.25, 0.3) is 11.1 Å². The van der Waals surface area contributed by atoms with Crippen LogP contribution in [0.15, 0.2) is 48.8 Å². The Kier molecular flexibility index (Phi) is 9.26. The fourth-order valence-electron chi connectivity index (χ4n) is 3.64. The predicted molar refractivity (Wildman–Crippen MR) is 128 cm³/mol. The molecule has 0 spiro atoms. The highest BCUT2D eigenvalue weighted by Gasteiger charge is 2.31. The molecule has 2 aromatic carbocycles. The Morgan fingerprint density at radius 2 is 1.65 bits per heavy atom. The van der Waals surface area contributed by atoms with Gasteiger partial charge in [0, 0.05) is 25.3 Å². The SMILES string of the molecule is Cl.Cl.NCCN(c1ccncc1NC(=O)c1ccc(F)c(-c2c(F)cccc2F)c1F)C1CC1. The molecule has 0 atom stereocenters. The quantitative estimate of drug-likeness (QED) is 0.416. The standard InChI is InChI=1S/C23H20F4N4O.2ClH/c24-15-2-1-3-16(25)20(15)21-17(26)7-6-14(22(21)27)23(32)30-18-12-29-10-8-19(18)31(11-9-28)13-4-5-13;;/h1-3,6-8,10,12-13H,4-5,9,11,28H2,(H,30,32);2*1H. The van der Waals surface area contributed by atoms with E-state index in [0.29, 0.717) is 24.5 Å². The van der Waals surface area contributed by atoms with Gasteiger partial charge in [0.2, 0.25) is 0 Å². The third-order valence-electron chi connectivity index (χ3n) is 5.26. The summed E-state index contributed by atoms with van der Waals surface area (Å²) in [7, 11) is 0. The van der Waals surface area contributed by atoms with Crippen molar-refractivity contribution in [3.05, 3.63) is 77.6 Å². The van der Waals surface area contributed by atoms with Gasteiger partial charge in [-0.2, -0.15) is 0 Å². The van der Waals surface area contributed by atoms with Gasteiger partial charge >= 0.3 is 0 Å². The van der Waals surface area contributed by atoms with E-state index in [1.54, 1.807) is 12.3 Å². The molecule has 1 aromatic heterocycles. The lowest BCUT2D eigenvalue weighted by Gasteiger charge is -2.26. The number of halogens is 6. The molecule has 34 heavy (non-hydrogen) atoms. The van der Waals surface area contributed by atoms with E-state index in [2.05, 4.69) is 10.3 Å². The normalized spacial score (nSPS) is 12.4. The summed E-state index contributed by atoms with van der Waals surface area (Å²) in [5.74, 6) is -5.74. The third kappa shape index (κ3) is 5.43. The summed E-state index contributed by atoms with van der Waals surface area (Å²) in [6, 6.07) is 6.58. The van der Waals surface area contributed by atoms with Crippen LogP contribution in [0.3, 0.4) is 0 Å². The lowest BCUT2D eigenvalue weighted by molar-refractivity contribution is 0.102. The maximum Gasteiger partial charge on any atom is 0.258 e. The number of aromatic nitrogens is 1. The molecule has 5 nitrogen and oxygen atoms in total. The Morgan fingerprint density at radius 3 is 2.26 bits per heavy atom. The van der Waals surface area contributed by atoms with Crippen LogP contribution in [-0.2, 0) is 0 Å². The molecule has 11 heteroatoms. The zero-order valence-corrected chi connectivity index (χ0v) is 19.4. The molecule has 3 aromatic rings. The largest absolute Gasteiger partial charge is 0.366 e. The molecule has 0 bridgehead atoms. The van der Waals surface area contributed by atoms with Crippen LogP contribution in [0.2, 0.25) is 0 Å². The number of amides is 1. The van der Waals surface area contributed by atoms with Crippen LogP contribution in [-0.4, -0.2) is 30.0 Å². The minimum absolute atomic E-state index is 0. The van der Waals surface area contributed by atoms with Gasteiger partial charge in [-0.15, -0.1) is 24.8 Å². The van der Waals surface area contributed by atoms with Crippen molar-refractivity contribution in [3.8, 4) is 11.1 Å². The summed E-state index contributed by atoms with van der Waals surface area (Å²) in [4.78, 5) is 18.9. The zero-order chi connectivity index (χ0) is 22.8. The summed E-state index contributed by atoms with van der Waals surface area (Å²) in [6.45, 7) is 0.954. The lowest BCUT2D eigenvalue weighted by atomic mass is 9.99. The molecule has 0 saturated heterocycles. The summed E-state index contributed by atoms with van der Waals surface area (Å²) >= 11 is 0. The molecule has 1 aliphatic carbocycles. The molecule has 1 amide bonds.